The third kappa shape index (κ3) is 3.70. The molecule has 0 saturated carbocycles. The zero-order chi connectivity index (χ0) is 13.0. The second-order valence-corrected chi connectivity index (χ2v) is 4.69. The van der Waals surface area contributed by atoms with Crippen molar-refractivity contribution in [2.75, 3.05) is 30.9 Å². The van der Waals surface area contributed by atoms with Crippen LogP contribution in [0.4, 0.5) is 11.9 Å². The zero-order valence-electron chi connectivity index (χ0n) is 11.1. The second kappa shape index (κ2) is 6.00. The monoisotopic (exact) mass is 257 g/mol. The van der Waals surface area contributed by atoms with E-state index in [1.807, 2.05) is 30.9 Å². The minimum absolute atomic E-state index is 0.231. The number of aromatic nitrogens is 3. The highest BCUT2D eigenvalue weighted by Gasteiger charge is 2.14. The van der Waals surface area contributed by atoms with Crippen molar-refractivity contribution in [1.82, 2.24) is 15.0 Å². The molecule has 0 N–H and O–H groups in total. The van der Waals surface area contributed by atoms with Gasteiger partial charge in [-0.2, -0.15) is 15.0 Å². The molecular formula is C11H20ClN5. The number of rotatable bonds is 5. The molecule has 0 fully saturated rings. The van der Waals surface area contributed by atoms with Crippen LogP contribution in [0, 0.1) is 0 Å². The normalized spacial score (nSPS) is 12.4. The lowest BCUT2D eigenvalue weighted by Gasteiger charge is -2.25. The number of hydrogen-bond acceptors (Lipinski definition) is 5. The van der Waals surface area contributed by atoms with Crippen LogP contribution in [0.2, 0.25) is 5.28 Å². The first-order valence-electron chi connectivity index (χ1n) is 5.77. The highest BCUT2D eigenvalue weighted by atomic mass is 35.5. The molecule has 0 saturated heterocycles. The van der Waals surface area contributed by atoms with Gasteiger partial charge in [0.05, 0.1) is 0 Å². The lowest BCUT2D eigenvalue weighted by atomic mass is 10.2. The van der Waals surface area contributed by atoms with Gasteiger partial charge in [-0.25, -0.2) is 0 Å². The summed E-state index contributed by atoms with van der Waals surface area (Å²) in [6, 6.07) is 0.383. The summed E-state index contributed by atoms with van der Waals surface area (Å²) in [5, 5.41) is 0.231. The summed E-state index contributed by atoms with van der Waals surface area (Å²) in [6.07, 6.45) is 2.22. The Labute approximate surface area is 108 Å². The molecule has 96 valence electrons. The molecule has 0 aliphatic heterocycles. The van der Waals surface area contributed by atoms with Crippen molar-refractivity contribution in [1.29, 1.82) is 0 Å². The van der Waals surface area contributed by atoms with Gasteiger partial charge in [0, 0.05) is 27.2 Å². The van der Waals surface area contributed by atoms with Gasteiger partial charge in [0.15, 0.2) is 0 Å². The molecule has 0 amide bonds. The van der Waals surface area contributed by atoms with Gasteiger partial charge in [-0.15, -0.1) is 0 Å². The van der Waals surface area contributed by atoms with Gasteiger partial charge in [-0.3, -0.25) is 0 Å². The first-order chi connectivity index (χ1) is 7.95. The molecule has 6 heteroatoms. The zero-order valence-corrected chi connectivity index (χ0v) is 11.9. The lowest BCUT2D eigenvalue weighted by Crippen LogP contribution is -2.31. The fourth-order valence-corrected chi connectivity index (χ4v) is 1.65. The molecule has 0 aliphatic rings. The Bertz CT molecular complexity index is 369. The summed E-state index contributed by atoms with van der Waals surface area (Å²) in [7, 11) is 5.74. The Hall–Kier alpha value is -1.10. The quantitative estimate of drug-likeness (QED) is 0.809. The highest BCUT2D eigenvalue weighted by molar-refractivity contribution is 6.28. The molecular weight excluding hydrogens is 238 g/mol. The Balaban J connectivity index is 2.96. The predicted octanol–water partition coefficient (Wildman–Crippen LogP) is 2.22. The fraction of sp³-hybridized carbons (Fsp3) is 0.727. The average Bonchev–Trinajstić information content (AvgIpc) is 2.27. The van der Waals surface area contributed by atoms with Crippen LogP contribution in [-0.4, -0.2) is 42.1 Å². The summed E-state index contributed by atoms with van der Waals surface area (Å²) < 4.78 is 0. The Morgan fingerprint density at radius 1 is 1.12 bits per heavy atom. The van der Waals surface area contributed by atoms with Gasteiger partial charge in [-0.1, -0.05) is 13.3 Å². The van der Waals surface area contributed by atoms with E-state index in [2.05, 4.69) is 28.8 Å². The maximum absolute atomic E-state index is 5.90. The smallest absolute Gasteiger partial charge is 0.231 e. The first-order valence-corrected chi connectivity index (χ1v) is 6.15. The molecule has 0 radical (unpaired) electrons. The molecule has 1 rings (SSSR count). The van der Waals surface area contributed by atoms with Crippen LogP contribution in [0.5, 0.6) is 0 Å². The van der Waals surface area contributed by atoms with Crippen molar-refractivity contribution in [3.05, 3.63) is 5.28 Å². The minimum Gasteiger partial charge on any atom is -0.347 e. The van der Waals surface area contributed by atoms with Crippen LogP contribution < -0.4 is 9.80 Å². The van der Waals surface area contributed by atoms with Gasteiger partial charge >= 0.3 is 0 Å². The Morgan fingerprint density at radius 3 is 2.24 bits per heavy atom. The standard InChI is InChI=1S/C11H20ClN5/c1-6-7-8(2)17(5)11-14-9(12)13-10(15-11)16(3)4/h8H,6-7H2,1-5H3. The molecule has 17 heavy (non-hydrogen) atoms. The van der Waals surface area contributed by atoms with Crippen LogP contribution in [0.25, 0.3) is 0 Å². The van der Waals surface area contributed by atoms with E-state index in [9.17, 15) is 0 Å². The maximum atomic E-state index is 5.90. The number of halogens is 1. The topological polar surface area (TPSA) is 45.2 Å². The van der Waals surface area contributed by atoms with E-state index in [4.69, 9.17) is 11.6 Å². The molecule has 0 spiro atoms. The minimum atomic E-state index is 0.231. The summed E-state index contributed by atoms with van der Waals surface area (Å²) >= 11 is 5.90. The maximum Gasteiger partial charge on any atom is 0.231 e. The van der Waals surface area contributed by atoms with Gasteiger partial charge in [0.25, 0.3) is 0 Å². The van der Waals surface area contributed by atoms with Crippen LogP contribution in [0.15, 0.2) is 0 Å². The van der Waals surface area contributed by atoms with E-state index in [1.54, 1.807) is 0 Å². The van der Waals surface area contributed by atoms with Gasteiger partial charge in [-0.05, 0) is 24.9 Å². The van der Waals surface area contributed by atoms with E-state index in [1.165, 1.54) is 0 Å². The second-order valence-electron chi connectivity index (χ2n) is 4.35. The molecule has 0 aromatic carbocycles. The lowest BCUT2D eigenvalue weighted by molar-refractivity contribution is 0.604. The largest absolute Gasteiger partial charge is 0.347 e. The van der Waals surface area contributed by atoms with Crippen molar-refractivity contribution in [3.8, 4) is 0 Å². The van der Waals surface area contributed by atoms with Crippen LogP contribution in [0.3, 0.4) is 0 Å². The molecule has 5 nitrogen and oxygen atoms in total. The summed E-state index contributed by atoms with van der Waals surface area (Å²) in [5.41, 5.74) is 0. The van der Waals surface area contributed by atoms with Gasteiger partial charge in [0.2, 0.25) is 17.2 Å². The number of hydrogen-bond donors (Lipinski definition) is 0. The van der Waals surface area contributed by atoms with Crippen molar-refractivity contribution < 1.29 is 0 Å². The third-order valence-corrected chi connectivity index (χ3v) is 2.84. The predicted molar refractivity (Wildman–Crippen MR) is 71.9 cm³/mol. The van der Waals surface area contributed by atoms with Crippen LogP contribution in [-0.2, 0) is 0 Å². The summed E-state index contributed by atoms with van der Waals surface area (Å²) in [5.74, 6) is 1.20. The number of anilines is 2. The van der Waals surface area contributed by atoms with Crippen molar-refractivity contribution in [2.45, 2.75) is 32.7 Å². The molecule has 1 atom stereocenters. The molecule has 1 unspecified atom stereocenters. The van der Waals surface area contributed by atoms with Crippen molar-refractivity contribution >= 4 is 23.5 Å². The van der Waals surface area contributed by atoms with Crippen LogP contribution in [0.1, 0.15) is 26.7 Å². The van der Waals surface area contributed by atoms with Crippen molar-refractivity contribution in [3.63, 3.8) is 0 Å². The molecule has 1 aromatic rings. The fourth-order valence-electron chi connectivity index (χ4n) is 1.50. The van der Waals surface area contributed by atoms with E-state index in [0.717, 1.165) is 12.8 Å². The Morgan fingerprint density at radius 2 is 1.71 bits per heavy atom. The van der Waals surface area contributed by atoms with E-state index >= 15 is 0 Å². The molecule has 1 heterocycles. The summed E-state index contributed by atoms with van der Waals surface area (Å²) in [4.78, 5) is 16.5. The average molecular weight is 258 g/mol. The van der Waals surface area contributed by atoms with E-state index < -0.39 is 0 Å². The molecule has 0 bridgehead atoms. The highest BCUT2D eigenvalue weighted by Crippen LogP contribution is 2.17. The van der Waals surface area contributed by atoms with E-state index in [-0.39, 0.29) is 5.28 Å². The SMILES string of the molecule is CCCC(C)N(C)c1nc(Cl)nc(N(C)C)n1. The van der Waals surface area contributed by atoms with Crippen LogP contribution >= 0.6 is 11.6 Å². The van der Waals surface area contributed by atoms with Gasteiger partial charge in [0.1, 0.15) is 0 Å². The number of nitrogens with zero attached hydrogens (tertiary/aromatic N) is 5. The molecule has 1 aromatic heterocycles. The third-order valence-electron chi connectivity index (χ3n) is 2.67. The van der Waals surface area contributed by atoms with Crippen molar-refractivity contribution in [2.24, 2.45) is 0 Å². The Kier molecular flexibility index (Phi) is 4.93. The summed E-state index contributed by atoms with van der Waals surface area (Å²) in [6.45, 7) is 4.31. The first kappa shape index (κ1) is 14.0. The van der Waals surface area contributed by atoms with E-state index in [0.29, 0.717) is 17.9 Å². The molecule has 0 aliphatic carbocycles. The van der Waals surface area contributed by atoms with Gasteiger partial charge < -0.3 is 9.80 Å².